The van der Waals surface area contributed by atoms with E-state index >= 15 is 0 Å². The molecule has 1 aliphatic carbocycles. The molecule has 0 aliphatic heterocycles. The number of ether oxygens (including phenoxy) is 1. The van der Waals surface area contributed by atoms with Crippen LogP contribution in [0.3, 0.4) is 0 Å². The molecule has 37 heavy (non-hydrogen) atoms. The molecule has 3 aromatic heterocycles. The molecule has 0 bridgehead atoms. The zero-order valence-corrected chi connectivity index (χ0v) is 22.0. The molecule has 3 heterocycles. The van der Waals surface area contributed by atoms with E-state index in [4.69, 9.17) is 15.5 Å². The lowest BCUT2D eigenvalue weighted by atomic mass is 10.1. The van der Waals surface area contributed by atoms with Gasteiger partial charge in [0, 0.05) is 30.9 Å². The molecule has 0 aromatic carbocycles. The van der Waals surface area contributed by atoms with Gasteiger partial charge in [0.15, 0.2) is 5.03 Å². The number of nitrogens with two attached hydrogens (primary N) is 1. The summed E-state index contributed by atoms with van der Waals surface area (Å²) in [6.07, 6.45) is 4.76. The highest BCUT2D eigenvalue weighted by molar-refractivity contribution is 7.90. The largest absolute Gasteiger partial charge is 0.475 e. The van der Waals surface area contributed by atoms with E-state index < -0.39 is 15.9 Å². The summed E-state index contributed by atoms with van der Waals surface area (Å²) >= 11 is 0. The maximum absolute atomic E-state index is 13.3. The standard InChI is InChI=1S/C26H32N6O4S/c1-4-14-32(16-18-8-9-18)25-20(26(33)31-37(34,35)24-7-5-6-22(27)30-24)11-12-21(29-25)19-10-13-23(28-15-19)36-17(2)3/h5-7,10-13,15,17-18H,4,8-9,14,16H2,1-3H3,(H2,27,30)(H,31,33). The van der Waals surface area contributed by atoms with E-state index in [1.165, 1.54) is 18.2 Å². The van der Waals surface area contributed by atoms with Crippen LogP contribution in [0.25, 0.3) is 11.3 Å². The van der Waals surface area contributed by atoms with Gasteiger partial charge in [0.05, 0.1) is 17.4 Å². The number of amides is 1. The molecule has 1 aliphatic rings. The lowest BCUT2D eigenvalue weighted by Crippen LogP contribution is -2.35. The van der Waals surface area contributed by atoms with Gasteiger partial charge in [-0.3, -0.25) is 4.79 Å². The van der Waals surface area contributed by atoms with Crippen molar-refractivity contribution in [3.8, 4) is 17.1 Å². The van der Waals surface area contributed by atoms with Gasteiger partial charge >= 0.3 is 0 Å². The normalized spacial score (nSPS) is 13.4. The van der Waals surface area contributed by atoms with Crippen LogP contribution in [-0.4, -0.2) is 48.5 Å². The second-order valence-electron chi connectivity index (χ2n) is 9.34. The van der Waals surface area contributed by atoms with E-state index in [1.54, 1.807) is 24.4 Å². The molecule has 4 rings (SSSR count). The van der Waals surface area contributed by atoms with Gasteiger partial charge in [0.25, 0.3) is 15.9 Å². The molecule has 0 radical (unpaired) electrons. The maximum Gasteiger partial charge on any atom is 0.281 e. The van der Waals surface area contributed by atoms with Gasteiger partial charge < -0.3 is 15.4 Å². The summed E-state index contributed by atoms with van der Waals surface area (Å²) in [4.78, 5) is 28.4. The first-order chi connectivity index (χ1) is 17.7. The van der Waals surface area contributed by atoms with Crippen LogP contribution >= 0.6 is 0 Å². The van der Waals surface area contributed by atoms with Crippen molar-refractivity contribution in [2.45, 2.75) is 51.2 Å². The molecule has 1 saturated carbocycles. The first-order valence-corrected chi connectivity index (χ1v) is 13.8. The summed E-state index contributed by atoms with van der Waals surface area (Å²) in [5.74, 6) is 0.730. The second-order valence-corrected chi connectivity index (χ2v) is 11.0. The topological polar surface area (TPSA) is 140 Å². The van der Waals surface area contributed by atoms with Crippen molar-refractivity contribution in [2.75, 3.05) is 23.7 Å². The average molecular weight is 525 g/mol. The number of aromatic nitrogens is 3. The molecule has 0 unspecified atom stereocenters. The van der Waals surface area contributed by atoms with Crippen LogP contribution in [0.15, 0.2) is 53.7 Å². The van der Waals surface area contributed by atoms with Crippen LogP contribution in [0, 0.1) is 5.92 Å². The third kappa shape index (κ3) is 6.73. The molecule has 3 aromatic rings. The third-order valence-corrected chi connectivity index (χ3v) is 6.96. The first kappa shape index (κ1) is 26.3. The fourth-order valence-electron chi connectivity index (χ4n) is 3.85. The number of carbonyl (C=O) groups is 1. The van der Waals surface area contributed by atoms with Crippen molar-refractivity contribution in [2.24, 2.45) is 5.92 Å². The van der Waals surface area contributed by atoms with Gasteiger partial charge in [-0.25, -0.2) is 19.7 Å². The van der Waals surface area contributed by atoms with Crippen molar-refractivity contribution in [3.05, 3.63) is 54.2 Å². The molecule has 1 fully saturated rings. The summed E-state index contributed by atoms with van der Waals surface area (Å²) in [6.45, 7) is 7.33. The molecule has 196 valence electrons. The zero-order valence-electron chi connectivity index (χ0n) is 21.2. The summed E-state index contributed by atoms with van der Waals surface area (Å²) in [7, 11) is -4.23. The van der Waals surface area contributed by atoms with E-state index in [9.17, 15) is 13.2 Å². The minimum absolute atomic E-state index is 0.00436. The van der Waals surface area contributed by atoms with Crippen molar-refractivity contribution in [3.63, 3.8) is 0 Å². The van der Waals surface area contributed by atoms with Crippen LogP contribution in [0.2, 0.25) is 0 Å². The van der Waals surface area contributed by atoms with Gasteiger partial charge in [0.2, 0.25) is 5.88 Å². The summed E-state index contributed by atoms with van der Waals surface area (Å²) in [5, 5.41) is -0.329. The maximum atomic E-state index is 13.3. The minimum Gasteiger partial charge on any atom is -0.475 e. The number of nitrogen functional groups attached to an aromatic ring is 1. The quantitative estimate of drug-likeness (QED) is 0.384. The molecule has 0 atom stereocenters. The predicted octanol–water partition coefficient (Wildman–Crippen LogP) is 3.65. The number of nitrogens with one attached hydrogen (secondary N) is 1. The van der Waals surface area contributed by atoms with Crippen LogP contribution in [0.1, 0.15) is 50.4 Å². The Bertz CT molecular complexity index is 1360. The first-order valence-electron chi connectivity index (χ1n) is 12.3. The number of rotatable bonds is 11. The van der Waals surface area contributed by atoms with Crippen LogP contribution in [0.4, 0.5) is 11.6 Å². The average Bonchev–Trinajstić information content (AvgIpc) is 3.67. The molecular weight excluding hydrogens is 492 g/mol. The number of anilines is 2. The summed E-state index contributed by atoms with van der Waals surface area (Å²) in [5.41, 5.74) is 7.17. The Morgan fingerprint density at radius 1 is 1.16 bits per heavy atom. The molecule has 3 N–H and O–H groups in total. The number of hydrogen-bond donors (Lipinski definition) is 2. The Kier molecular flexibility index (Phi) is 7.91. The summed E-state index contributed by atoms with van der Waals surface area (Å²) < 4.78 is 33.5. The highest BCUT2D eigenvalue weighted by Crippen LogP contribution is 2.33. The molecule has 11 heteroatoms. The van der Waals surface area contributed by atoms with Crippen LogP contribution in [0.5, 0.6) is 5.88 Å². The van der Waals surface area contributed by atoms with Gasteiger partial charge in [-0.15, -0.1) is 0 Å². The Balaban J connectivity index is 1.69. The van der Waals surface area contributed by atoms with E-state index in [0.717, 1.165) is 31.4 Å². The Hall–Kier alpha value is -3.73. The van der Waals surface area contributed by atoms with Crippen LogP contribution in [-0.2, 0) is 10.0 Å². The molecule has 0 spiro atoms. The van der Waals surface area contributed by atoms with Gasteiger partial charge in [0.1, 0.15) is 11.6 Å². The van der Waals surface area contributed by atoms with E-state index in [2.05, 4.69) is 26.5 Å². The molecule has 10 nitrogen and oxygen atoms in total. The number of pyridine rings is 3. The van der Waals surface area contributed by atoms with Gasteiger partial charge in [-0.1, -0.05) is 13.0 Å². The van der Waals surface area contributed by atoms with Gasteiger partial charge in [-0.05, 0) is 69.4 Å². The zero-order chi connectivity index (χ0) is 26.6. The Labute approximate surface area is 217 Å². The van der Waals surface area contributed by atoms with Crippen molar-refractivity contribution in [1.29, 1.82) is 0 Å². The van der Waals surface area contributed by atoms with Crippen molar-refractivity contribution < 1.29 is 17.9 Å². The van der Waals surface area contributed by atoms with Crippen molar-refractivity contribution >= 4 is 27.6 Å². The lowest BCUT2D eigenvalue weighted by Gasteiger charge is -2.26. The van der Waals surface area contributed by atoms with E-state index in [1.807, 2.05) is 19.9 Å². The second kappa shape index (κ2) is 11.1. The SMILES string of the molecule is CCCN(CC1CC1)c1nc(-c2ccc(OC(C)C)nc2)ccc1C(=O)NS(=O)(=O)c1cccc(N)n1. The molecule has 0 saturated heterocycles. The minimum atomic E-state index is -4.23. The Morgan fingerprint density at radius 2 is 1.95 bits per heavy atom. The third-order valence-electron chi connectivity index (χ3n) is 5.72. The monoisotopic (exact) mass is 524 g/mol. The van der Waals surface area contributed by atoms with Crippen molar-refractivity contribution in [1.82, 2.24) is 19.7 Å². The highest BCUT2D eigenvalue weighted by atomic mass is 32.2. The number of carbonyl (C=O) groups excluding carboxylic acids is 1. The molecular formula is C26H32N6O4S. The Morgan fingerprint density at radius 3 is 2.57 bits per heavy atom. The van der Waals surface area contributed by atoms with Crippen LogP contribution < -0.4 is 20.1 Å². The fraction of sp³-hybridized carbons (Fsp3) is 0.385. The highest BCUT2D eigenvalue weighted by Gasteiger charge is 2.29. The number of hydrogen-bond acceptors (Lipinski definition) is 9. The summed E-state index contributed by atoms with van der Waals surface area (Å²) in [6, 6.07) is 11.1. The predicted molar refractivity (Wildman–Crippen MR) is 142 cm³/mol. The fourth-order valence-corrected chi connectivity index (χ4v) is 4.79. The lowest BCUT2D eigenvalue weighted by molar-refractivity contribution is 0.0981. The molecule has 1 amide bonds. The number of nitrogens with zero attached hydrogens (tertiary/aromatic N) is 4. The van der Waals surface area contributed by atoms with E-state index in [0.29, 0.717) is 29.9 Å². The number of sulfonamides is 1. The van der Waals surface area contributed by atoms with Gasteiger partial charge in [-0.2, -0.15) is 8.42 Å². The smallest absolute Gasteiger partial charge is 0.281 e. The van der Waals surface area contributed by atoms with E-state index in [-0.39, 0.29) is 22.5 Å².